The summed E-state index contributed by atoms with van der Waals surface area (Å²) in [5.74, 6) is 0.762. The van der Waals surface area contributed by atoms with Crippen molar-refractivity contribution in [1.82, 2.24) is 10.3 Å². The minimum Gasteiger partial charge on any atom is -0.371 e. The average Bonchev–Trinajstić information content (AvgIpc) is 2.66. The van der Waals surface area contributed by atoms with Crippen LogP contribution in [-0.2, 0) is 11.0 Å². The summed E-state index contributed by atoms with van der Waals surface area (Å²) in [6, 6.07) is 2.74. The van der Waals surface area contributed by atoms with Gasteiger partial charge < -0.3 is 10.2 Å². The Balaban J connectivity index is 1.34. The Morgan fingerprint density at radius 1 is 1.29 bits per heavy atom. The molecule has 1 aromatic heterocycles. The highest BCUT2D eigenvalue weighted by Gasteiger charge is 2.38. The molecule has 1 unspecified atom stereocenters. The average molecular weight is 436 g/mol. The summed E-state index contributed by atoms with van der Waals surface area (Å²) >= 11 is 0. The summed E-state index contributed by atoms with van der Waals surface area (Å²) in [6.07, 6.45) is 6.91. The lowest BCUT2D eigenvalue weighted by atomic mass is 9.71. The number of carbonyl (C=O) groups excluding carboxylic acids is 1. The van der Waals surface area contributed by atoms with Gasteiger partial charge in [-0.05, 0) is 75.3 Å². The van der Waals surface area contributed by atoms with Crippen LogP contribution in [0, 0.1) is 11.3 Å². The van der Waals surface area contributed by atoms with Crippen molar-refractivity contribution in [3.63, 3.8) is 0 Å². The van der Waals surface area contributed by atoms with Crippen molar-refractivity contribution in [1.29, 1.82) is 0 Å². The van der Waals surface area contributed by atoms with Crippen molar-refractivity contribution in [2.75, 3.05) is 18.0 Å². The van der Waals surface area contributed by atoms with E-state index in [1.54, 1.807) is 6.07 Å². The first-order valence-corrected chi connectivity index (χ1v) is 11.3. The number of piperidine rings is 1. The molecule has 0 aromatic carbocycles. The fourth-order valence-corrected chi connectivity index (χ4v) is 5.70. The zero-order valence-corrected chi connectivity index (χ0v) is 18.4. The fraction of sp³-hybridized carbons (Fsp3) is 0.667. The topological polar surface area (TPSA) is 45.2 Å². The van der Waals surface area contributed by atoms with Gasteiger partial charge in [-0.25, -0.2) is 0 Å². The van der Waals surface area contributed by atoms with Crippen molar-refractivity contribution in [3.8, 4) is 0 Å². The minimum absolute atomic E-state index is 0.0820. The second-order valence-corrected chi connectivity index (χ2v) is 10.3. The molecule has 4 nitrogen and oxygen atoms in total. The van der Waals surface area contributed by atoms with Crippen LogP contribution >= 0.6 is 0 Å². The van der Waals surface area contributed by atoms with E-state index in [0.717, 1.165) is 31.7 Å². The molecule has 2 aliphatic carbocycles. The van der Waals surface area contributed by atoms with Gasteiger partial charge in [-0.15, -0.1) is 0 Å². The zero-order valence-electron chi connectivity index (χ0n) is 18.4. The number of halogens is 3. The zero-order chi connectivity index (χ0) is 22.3. The van der Waals surface area contributed by atoms with Crippen LogP contribution in [-0.4, -0.2) is 29.5 Å². The van der Waals surface area contributed by atoms with E-state index in [9.17, 15) is 18.0 Å². The monoisotopic (exact) mass is 435 g/mol. The number of fused-ring (bicyclic) bond motifs is 2. The number of rotatable bonds is 4. The molecule has 0 radical (unpaired) electrons. The predicted molar refractivity (Wildman–Crippen MR) is 115 cm³/mol. The first-order valence-electron chi connectivity index (χ1n) is 11.3. The molecule has 1 aliphatic heterocycles. The summed E-state index contributed by atoms with van der Waals surface area (Å²) in [4.78, 5) is 18.3. The molecule has 31 heavy (non-hydrogen) atoms. The van der Waals surface area contributed by atoms with E-state index in [0.29, 0.717) is 31.1 Å². The lowest BCUT2D eigenvalue weighted by molar-refractivity contribution is -0.141. The Kier molecular flexibility index (Phi) is 5.81. The molecule has 2 heterocycles. The maximum atomic E-state index is 13.0. The van der Waals surface area contributed by atoms with Crippen LogP contribution in [0.5, 0.6) is 0 Å². The van der Waals surface area contributed by atoms with Gasteiger partial charge in [0.1, 0.15) is 5.69 Å². The number of alkyl halides is 3. The highest BCUT2D eigenvalue weighted by molar-refractivity contribution is 5.78. The molecular formula is C24H32F3N3O. The molecule has 1 saturated carbocycles. The maximum Gasteiger partial charge on any atom is 0.433 e. The van der Waals surface area contributed by atoms with Crippen molar-refractivity contribution in [2.45, 2.75) is 76.9 Å². The van der Waals surface area contributed by atoms with E-state index in [1.165, 1.54) is 31.0 Å². The van der Waals surface area contributed by atoms with E-state index < -0.39 is 11.9 Å². The predicted octanol–water partition coefficient (Wildman–Crippen LogP) is 5.49. The van der Waals surface area contributed by atoms with Gasteiger partial charge in [-0.1, -0.05) is 18.6 Å². The van der Waals surface area contributed by atoms with Gasteiger partial charge >= 0.3 is 6.18 Å². The number of hydrogen-bond donors (Lipinski definition) is 1. The van der Waals surface area contributed by atoms with Crippen molar-refractivity contribution in [2.24, 2.45) is 11.3 Å². The second-order valence-electron chi connectivity index (χ2n) is 10.3. The Bertz CT molecular complexity index is 858. The Labute approximate surface area is 182 Å². The molecule has 170 valence electrons. The highest BCUT2D eigenvalue weighted by atomic mass is 19.4. The number of allylic oxidation sites excluding steroid dienone is 1. The number of anilines is 1. The maximum absolute atomic E-state index is 13.0. The largest absolute Gasteiger partial charge is 0.433 e. The molecule has 3 aliphatic rings. The molecule has 1 N–H and O–H groups in total. The lowest BCUT2D eigenvalue weighted by Gasteiger charge is -2.42. The molecule has 4 rings (SSSR count). The van der Waals surface area contributed by atoms with Gasteiger partial charge in [0.15, 0.2) is 0 Å². The number of carbonyl (C=O) groups is 1. The van der Waals surface area contributed by atoms with Gasteiger partial charge in [0.25, 0.3) is 0 Å². The van der Waals surface area contributed by atoms with Crippen molar-refractivity contribution >= 4 is 11.6 Å². The number of nitrogens with zero attached hydrogens (tertiary/aromatic N) is 2. The third-order valence-electron chi connectivity index (χ3n) is 7.28. The fourth-order valence-electron chi connectivity index (χ4n) is 5.70. The molecule has 1 saturated heterocycles. The molecular weight excluding hydrogens is 403 g/mol. The summed E-state index contributed by atoms with van der Waals surface area (Å²) in [5, 5.41) is 3.30. The summed E-state index contributed by atoms with van der Waals surface area (Å²) in [6.45, 7) is 5.52. The molecule has 1 aromatic rings. The van der Waals surface area contributed by atoms with Gasteiger partial charge in [0.05, 0.1) is 5.54 Å². The van der Waals surface area contributed by atoms with E-state index >= 15 is 0 Å². The van der Waals surface area contributed by atoms with Gasteiger partial charge in [-0.2, -0.15) is 13.2 Å². The number of hydrogen-bond acceptors (Lipinski definition) is 3. The van der Waals surface area contributed by atoms with Crippen LogP contribution in [0.2, 0.25) is 0 Å². The first kappa shape index (κ1) is 22.2. The molecule has 2 bridgehead atoms. The Hall–Kier alpha value is -2.05. The van der Waals surface area contributed by atoms with Gasteiger partial charge in [-0.3, -0.25) is 9.78 Å². The van der Waals surface area contributed by atoms with Crippen molar-refractivity contribution in [3.05, 3.63) is 35.7 Å². The third kappa shape index (κ3) is 5.24. The summed E-state index contributed by atoms with van der Waals surface area (Å²) < 4.78 is 38.9. The molecule has 2 atom stereocenters. The van der Waals surface area contributed by atoms with E-state index in [1.807, 2.05) is 4.90 Å². The smallest absolute Gasteiger partial charge is 0.371 e. The molecule has 1 amide bonds. The van der Waals surface area contributed by atoms with E-state index in [4.69, 9.17) is 0 Å². The van der Waals surface area contributed by atoms with Crippen molar-refractivity contribution < 1.29 is 18.0 Å². The third-order valence-corrected chi connectivity index (χ3v) is 7.28. The Morgan fingerprint density at radius 2 is 2.03 bits per heavy atom. The standard InChI is InChI=1S/C24H32F3N3O/c1-22(16-21(31)29-23(2)14-17-4-3-5-18(12-17)15-23)7-10-30(11-8-22)19-6-9-28-20(13-19)24(25,26)27/h6,9,13-14,18H,3-5,7-8,10-12,15-16H2,1-2H3,(H,29,31)/t18?,23-/m0/s1. The van der Waals surface area contributed by atoms with E-state index in [-0.39, 0.29) is 16.9 Å². The van der Waals surface area contributed by atoms with E-state index in [2.05, 4.69) is 30.2 Å². The van der Waals surface area contributed by atoms with Crippen LogP contribution in [0.4, 0.5) is 18.9 Å². The Morgan fingerprint density at radius 3 is 2.71 bits per heavy atom. The number of amides is 1. The van der Waals surface area contributed by atoms with Gasteiger partial charge in [0.2, 0.25) is 5.91 Å². The molecule has 0 spiro atoms. The van der Waals surface area contributed by atoms with Crippen LogP contribution in [0.15, 0.2) is 30.0 Å². The highest BCUT2D eigenvalue weighted by Crippen LogP contribution is 2.41. The number of aromatic nitrogens is 1. The van der Waals surface area contributed by atoms with Crippen LogP contribution in [0.3, 0.4) is 0 Å². The SMILES string of the molecule is CC1(CC(=O)N[C@@]2(C)C=C3CCCC(C3)C2)CCN(c2ccnc(C(F)(F)F)c2)CC1. The minimum atomic E-state index is -4.44. The molecule has 7 heteroatoms. The summed E-state index contributed by atoms with van der Waals surface area (Å²) in [7, 11) is 0. The van der Waals surface area contributed by atoms with Crippen LogP contribution < -0.4 is 10.2 Å². The number of nitrogens with one attached hydrogen (secondary N) is 1. The first-order chi connectivity index (χ1) is 14.5. The lowest BCUT2D eigenvalue weighted by Crippen LogP contribution is -2.50. The van der Waals surface area contributed by atoms with Crippen LogP contribution in [0.25, 0.3) is 0 Å². The molecule has 2 fully saturated rings. The normalized spacial score (nSPS) is 28.1. The number of pyridine rings is 1. The van der Waals surface area contributed by atoms with Gasteiger partial charge in [0, 0.05) is 31.4 Å². The summed E-state index contributed by atoms with van der Waals surface area (Å²) in [5.41, 5.74) is 0.770. The second kappa shape index (κ2) is 8.14. The van der Waals surface area contributed by atoms with Crippen LogP contribution in [0.1, 0.15) is 70.9 Å². The quantitative estimate of drug-likeness (QED) is 0.636.